The second-order valence-corrected chi connectivity index (χ2v) is 5.89. The van der Waals surface area contributed by atoms with E-state index in [1.165, 1.54) is 6.07 Å². The fourth-order valence-electron chi connectivity index (χ4n) is 2.85. The quantitative estimate of drug-likeness (QED) is 0.534. The minimum atomic E-state index is -0.392. The number of rotatable bonds is 6. The summed E-state index contributed by atoms with van der Waals surface area (Å²) in [6.45, 7) is 0. The van der Waals surface area contributed by atoms with E-state index in [9.17, 15) is 14.9 Å². The number of carbonyl (C=O) groups excluding carboxylic acids is 1. The highest BCUT2D eigenvalue weighted by Gasteiger charge is 2.21. The maximum atomic E-state index is 12.6. The van der Waals surface area contributed by atoms with Gasteiger partial charge in [0.15, 0.2) is 0 Å². The third-order valence-corrected chi connectivity index (χ3v) is 4.16. The average molecular weight is 346 g/mol. The molecule has 1 N–H and O–H groups in total. The van der Waals surface area contributed by atoms with Crippen molar-refractivity contribution in [3.05, 3.63) is 112 Å². The number of benzene rings is 3. The van der Waals surface area contributed by atoms with Gasteiger partial charge in [-0.25, -0.2) is 0 Å². The molecule has 0 aliphatic heterocycles. The van der Waals surface area contributed by atoms with E-state index in [0.29, 0.717) is 17.5 Å². The topological polar surface area (TPSA) is 72.2 Å². The molecule has 0 spiro atoms. The fraction of sp³-hybridized carbons (Fsp3) is 0.0952. The molecule has 130 valence electrons. The van der Waals surface area contributed by atoms with Crippen molar-refractivity contribution in [2.24, 2.45) is 0 Å². The third-order valence-electron chi connectivity index (χ3n) is 4.16. The predicted molar refractivity (Wildman–Crippen MR) is 99.9 cm³/mol. The molecule has 0 saturated heterocycles. The van der Waals surface area contributed by atoms with E-state index >= 15 is 0 Å². The number of nitrogens with one attached hydrogen (secondary N) is 1. The van der Waals surface area contributed by atoms with Gasteiger partial charge in [-0.1, -0.05) is 66.7 Å². The summed E-state index contributed by atoms with van der Waals surface area (Å²) in [7, 11) is 0. The van der Waals surface area contributed by atoms with E-state index in [1.54, 1.807) is 42.5 Å². The summed E-state index contributed by atoms with van der Waals surface area (Å²) >= 11 is 0. The van der Waals surface area contributed by atoms with Crippen LogP contribution >= 0.6 is 0 Å². The summed E-state index contributed by atoms with van der Waals surface area (Å²) in [6, 6.07) is 24.6. The molecule has 3 aromatic carbocycles. The van der Waals surface area contributed by atoms with Crippen molar-refractivity contribution >= 4 is 11.6 Å². The van der Waals surface area contributed by atoms with Crippen LogP contribution < -0.4 is 5.32 Å². The molecule has 5 heteroatoms. The van der Waals surface area contributed by atoms with Gasteiger partial charge < -0.3 is 5.32 Å². The van der Waals surface area contributed by atoms with Crippen molar-refractivity contribution in [1.82, 2.24) is 5.32 Å². The summed E-state index contributed by atoms with van der Waals surface area (Å²) in [5.41, 5.74) is 2.09. The molecule has 1 atom stereocenters. The van der Waals surface area contributed by atoms with Gasteiger partial charge in [-0.15, -0.1) is 0 Å². The first-order valence-corrected chi connectivity index (χ1v) is 8.28. The number of nitrogens with zero attached hydrogens (tertiary/aromatic N) is 1. The normalized spacial score (nSPS) is 11.5. The minimum Gasteiger partial charge on any atom is -0.345 e. The van der Waals surface area contributed by atoms with Crippen molar-refractivity contribution in [2.75, 3.05) is 0 Å². The first-order valence-electron chi connectivity index (χ1n) is 8.28. The lowest BCUT2D eigenvalue weighted by molar-refractivity contribution is -0.385. The van der Waals surface area contributed by atoms with Crippen molar-refractivity contribution < 1.29 is 9.72 Å². The summed E-state index contributed by atoms with van der Waals surface area (Å²) in [5, 5.41) is 14.3. The molecule has 0 aliphatic carbocycles. The van der Waals surface area contributed by atoms with E-state index in [1.807, 2.05) is 36.4 Å². The second kappa shape index (κ2) is 8.07. The van der Waals surface area contributed by atoms with E-state index in [0.717, 1.165) is 5.56 Å². The number of carbonyl (C=O) groups is 1. The number of amides is 1. The molecule has 3 rings (SSSR count). The van der Waals surface area contributed by atoms with Gasteiger partial charge in [-0.2, -0.15) is 0 Å². The monoisotopic (exact) mass is 346 g/mol. The SMILES string of the molecule is O=C(NC(Cc1ccccc1[N+](=O)[O-])c1ccccc1)c1ccccc1. The van der Waals surface area contributed by atoms with Crippen molar-refractivity contribution in [3.8, 4) is 0 Å². The lowest BCUT2D eigenvalue weighted by Crippen LogP contribution is -2.30. The first kappa shape index (κ1) is 17.4. The Morgan fingerprint density at radius 1 is 0.885 bits per heavy atom. The Kier molecular flexibility index (Phi) is 5.39. The van der Waals surface area contributed by atoms with Crippen LogP contribution in [0, 0.1) is 10.1 Å². The zero-order chi connectivity index (χ0) is 18.4. The molecule has 0 aliphatic rings. The molecule has 3 aromatic rings. The molecular weight excluding hydrogens is 328 g/mol. The largest absolute Gasteiger partial charge is 0.345 e. The molecule has 0 bridgehead atoms. The Bertz CT molecular complexity index is 895. The first-order chi connectivity index (χ1) is 12.6. The van der Waals surface area contributed by atoms with E-state index in [-0.39, 0.29) is 17.6 Å². The highest BCUT2D eigenvalue weighted by atomic mass is 16.6. The van der Waals surface area contributed by atoms with Crippen molar-refractivity contribution in [3.63, 3.8) is 0 Å². The van der Waals surface area contributed by atoms with Crippen LogP contribution in [0.4, 0.5) is 5.69 Å². The molecule has 0 fully saturated rings. The molecule has 1 unspecified atom stereocenters. The van der Waals surface area contributed by atoms with Crippen LogP contribution in [-0.2, 0) is 6.42 Å². The van der Waals surface area contributed by atoms with Gasteiger partial charge in [0.25, 0.3) is 11.6 Å². The van der Waals surface area contributed by atoms with Gasteiger partial charge in [0.1, 0.15) is 0 Å². The molecule has 5 nitrogen and oxygen atoms in total. The van der Waals surface area contributed by atoms with Gasteiger partial charge in [0.2, 0.25) is 0 Å². The maximum Gasteiger partial charge on any atom is 0.272 e. The third kappa shape index (κ3) is 4.13. The van der Waals surface area contributed by atoms with Gasteiger partial charge in [0.05, 0.1) is 11.0 Å². The van der Waals surface area contributed by atoms with Gasteiger partial charge in [-0.05, 0) is 17.7 Å². The minimum absolute atomic E-state index is 0.0578. The van der Waals surface area contributed by atoms with Crippen LogP contribution in [0.25, 0.3) is 0 Å². The molecule has 0 heterocycles. The molecular formula is C21H18N2O3. The van der Waals surface area contributed by atoms with E-state index in [4.69, 9.17) is 0 Å². The number of para-hydroxylation sites is 1. The van der Waals surface area contributed by atoms with Crippen LogP contribution in [0.5, 0.6) is 0 Å². The zero-order valence-electron chi connectivity index (χ0n) is 14.0. The number of nitro benzene ring substituents is 1. The Balaban J connectivity index is 1.90. The highest BCUT2D eigenvalue weighted by Crippen LogP contribution is 2.25. The number of hydrogen-bond donors (Lipinski definition) is 1. The predicted octanol–water partition coefficient (Wildman–Crippen LogP) is 4.31. The van der Waals surface area contributed by atoms with E-state index in [2.05, 4.69) is 5.32 Å². The van der Waals surface area contributed by atoms with Crippen LogP contribution in [0.15, 0.2) is 84.9 Å². The molecule has 0 radical (unpaired) electrons. The maximum absolute atomic E-state index is 12.6. The number of hydrogen-bond acceptors (Lipinski definition) is 3. The zero-order valence-corrected chi connectivity index (χ0v) is 14.0. The standard InChI is InChI=1S/C21H18N2O3/c24-21(17-11-5-2-6-12-17)22-19(16-9-3-1-4-10-16)15-18-13-7-8-14-20(18)23(25)26/h1-14,19H,15H2,(H,22,24). The van der Waals surface area contributed by atoms with Gasteiger partial charge in [-0.3, -0.25) is 14.9 Å². The van der Waals surface area contributed by atoms with Crippen LogP contribution in [0.2, 0.25) is 0 Å². The van der Waals surface area contributed by atoms with Crippen LogP contribution in [0.3, 0.4) is 0 Å². The number of nitro groups is 1. The molecule has 1 amide bonds. The average Bonchev–Trinajstić information content (AvgIpc) is 2.69. The Morgan fingerprint density at radius 3 is 2.12 bits per heavy atom. The smallest absolute Gasteiger partial charge is 0.272 e. The summed E-state index contributed by atoms with van der Waals surface area (Å²) in [4.78, 5) is 23.5. The molecule has 0 aromatic heterocycles. The Morgan fingerprint density at radius 2 is 1.46 bits per heavy atom. The van der Waals surface area contributed by atoms with E-state index < -0.39 is 4.92 Å². The summed E-state index contributed by atoms with van der Waals surface area (Å²) < 4.78 is 0. The van der Waals surface area contributed by atoms with Crippen LogP contribution in [0.1, 0.15) is 27.5 Å². The fourth-order valence-corrected chi connectivity index (χ4v) is 2.85. The lowest BCUT2D eigenvalue weighted by atomic mass is 9.97. The highest BCUT2D eigenvalue weighted by molar-refractivity contribution is 5.94. The van der Waals surface area contributed by atoms with Gasteiger partial charge >= 0.3 is 0 Å². The molecule has 26 heavy (non-hydrogen) atoms. The van der Waals surface area contributed by atoms with Crippen molar-refractivity contribution in [1.29, 1.82) is 0 Å². The summed E-state index contributed by atoms with van der Waals surface area (Å²) in [6.07, 6.45) is 0.333. The van der Waals surface area contributed by atoms with Gasteiger partial charge in [0, 0.05) is 23.6 Å². The Hall–Kier alpha value is -3.47. The lowest BCUT2D eigenvalue weighted by Gasteiger charge is -2.19. The second-order valence-electron chi connectivity index (χ2n) is 5.89. The molecule has 0 saturated carbocycles. The Labute approximate surface area is 151 Å². The van der Waals surface area contributed by atoms with Crippen molar-refractivity contribution in [2.45, 2.75) is 12.5 Å². The summed E-state index contributed by atoms with van der Waals surface area (Å²) in [5.74, 6) is -0.210. The van der Waals surface area contributed by atoms with Crippen LogP contribution in [-0.4, -0.2) is 10.8 Å².